The monoisotopic (exact) mass is 372 g/mol. The summed E-state index contributed by atoms with van der Waals surface area (Å²) in [7, 11) is 0. The van der Waals surface area contributed by atoms with Crippen molar-refractivity contribution in [2.24, 2.45) is 0 Å². The average Bonchev–Trinajstić information content (AvgIpc) is 2.57. The van der Waals surface area contributed by atoms with E-state index in [1.54, 1.807) is 6.08 Å². The molecule has 0 aliphatic carbocycles. The fourth-order valence-electron chi connectivity index (χ4n) is 2.13. The minimum Gasteiger partial charge on any atom is -0.494 e. The summed E-state index contributed by atoms with van der Waals surface area (Å²) in [5.41, 5.74) is 1.65. The molecule has 23 heavy (non-hydrogen) atoms. The summed E-state index contributed by atoms with van der Waals surface area (Å²) in [6.07, 6.45) is 6.89. The molecule has 2 rings (SSSR count). The average molecular weight is 373 g/mol. The van der Waals surface area contributed by atoms with Gasteiger partial charge in [0.05, 0.1) is 6.61 Å². The smallest absolute Gasteiger partial charge is 0.185 e. The van der Waals surface area contributed by atoms with Crippen molar-refractivity contribution in [1.29, 1.82) is 0 Å². The number of rotatable bonds is 8. The van der Waals surface area contributed by atoms with E-state index in [1.165, 1.54) is 12.8 Å². The third kappa shape index (κ3) is 6.03. The van der Waals surface area contributed by atoms with Crippen molar-refractivity contribution in [2.45, 2.75) is 26.2 Å². The van der Waals surface area contributed by atoms with Crippen LogP contribution in [0.5, 0.6) is 5.75 Å². The predicted molar refractivity (Wildman–Crippen MR) is 99.0 cm³/mol. The number of benzene rings is 2. The Morgan fingerprint density at radius 2 is 1.91 bits per heavy atom. The van der Waals surface area contributed by atoms with Crippen molar-refractivity contribution in [3.8, 4) is 5.75 Å². The lowest BCUT2D eigenvalue weighted by Crippen LogP contribution is -1.96. The Morgan fingerprint density at radius 1 is 1.13 bits per heavy atom. The summed E-state index contributed by atoms with van der Waals surface area (Å²) in [6.45, 7) is 2.93. The third-order valence-electron chi connectivity index (χ3n) is 3.43. The van der Waals surface area contributed by atoms with E-state index in [2.05, 4.69) is 22.9 Å². The van der Waals surface area contributed by atoms with Gasteiger partial charge in [0.15, 0.2) is 5.78 Å². The molecule has 0 aromatic heterocycles. The molecule has 2 nitrogen and oxygen atoms in total. The van der Waals surface area contributed by atoms with Crippen LogP contribution in [0.4, 0.5) is 0 Å². The van der Waals surface area contributed by atoms with Gasteiger partial charge in [-0.1, -0.05) is 66.0 Å². The highest BCUT2D eigenvalue weighted by Gasteiger charge is 2.01. The zero-order chi connectivity index (χ0) is 16.5. The molecule has 2 aromatic rings. The summed E-state index contributed by atoms with van der Waals surface area (Å²) in [6, 6.07) is 15.2. The molecule has 0 atom stereocenters. The number of unbranched alkanes of at least 4 members (excludes halogenated alkanes) is 2. The van der Waals surface area contributed by atoms with E-state index in [9.17, 15) is 4.79 Å². The number of carbonyl (C=O) groups is 1. The van der Waals surface area contributed by atoms with Crippen molar-refractivity contribution in [1.82, 2.24) is 0 Å². The van der Waals surface area contributed by atoms with Gasteiger partial charge >= 0.3 is 0 Å². The van der Waals surface area contributed by atoms with Crippen molar-refractivity contribution in [3.05, 3.63) is 70.2 Å². The zero-order valence-electron chi connectivity index (χ0n) is 13.3. The Bertz CT molecular complexity index is 660. The van der Waals surface area contributed by atoms with Crippen molar-refractivity contribution < 1.29 is 9.53 Å². The lowest BCUT2D eigenvalue weighted by molar-refractivity contribution is 0.104. The summed E-state index contributed by atoms with van der Waals surface area (Å²) in [5, 5.41) is 0. The van der Waals surface area contributed by atoms with Crippen LogP contribution in [0.3, 0.4) is 0 Å². The molecule has 2 aromatic carbocycles. The number of allylic oxidation sites excluding steroid dienone is 1. The van der Waals surface area contributed by atoms with Gasteiger partial charge in [0.1, 0.15) is 5.75 Å². The standard InChI is InChI=1S/C20H21BrO2/c1-2-3-4-14-23-19-11-8-16(9-12-19)10-13-20(22)17-6-5-7-18(21)15-17/h5-13,15H,2-4,14H2,1H3/b13-10+. The van der Waals surface area contributed by atoms with Gasteiger partial charge in [-0.25, -0.2) is 0 Å². The molecule has 0 N–H and O–H groups in total. The minimum absolute atomic E-state index is 0.00816. The van der Waals surface area contributed by atoms with E-state index < -0.39 is 0 Å². The molecule has 0 bridgehead atoms. The van der Waals surface area contributed by atoms with Crippen LogP contribution in [0.2, 0.25) is 0 Å². The molecule has 0 amide bonds. The van der Waals surface area contributed by atoms with E-state index in [0.29, 0.717) is 5.56 Å². The first-order chi connectivity index (χ1) is 11.2. The Morgan fingerprint density at radius 3 is 2.61 bits per heavy atom. The normalized spacial score (nSPS) is 10.9. The fourth-order valence-corrected chi connectivity index (χ4v) is 2.53. The van der Waals surface area contributed by atoms with Gasteiger partial charge in [-0.2, -0.15) is 0 Å². The lowest BCUT2D eigenvalue weighted by Gasteiger charge is -2.05. The number of hydrogen-bond donors (Lipinski definition) is 0. The maximum Gasteiger partial charge on any atom is 0.185 e. The van der Waals surface area contributed by atoms with Gasteiger partial charge in [0.2, 0.25) is 0 Å². The van der Waals surface area contributed by atoms with Gasteiger partial charge in [0.25, 0.3) is 0 Å². The first-order valence-corrected chi connectivity index (χ1v) is 8.69. The molecule has 3 heteroatoms. The maximum absolute atomic E-state index is 12.1. The maximum atomic E-state index is 12.1. The van der Waals surface area contributed by atoms with Crippen LogP contribution in [-0.2, 0) is 0 Å². The minimum atomic E-state index is -0.00816. The first kappa shape index (κ1) is 17.5. The quantitative estimate of drug-likeness (QED) is 0.326. The number of ketones is 1. The second-order valence-electron chi connectivity index (χ2n) is 5.33. The SMILES string of the molecule is CCCCCOc1ccc(/C=C/C(=O)c2cccc(Br)c2)cc1. The summed E-state index contributed by atoms with van der Waals surface area (Å²) in [4.78, 5) is 12.1. The zero-order valence-corrected chi connectivity index (χ0v) is 14.9. The Kier molecular flexibility index (Phi) is 7.08. The molecular weight excluding hydrogens is 352 g/mol. The molecule has 0 radical (unpaired) electrons. The summed E-state index contributed by atoms with van der Waals surface area (Å²) >= 11 is 3.37. The fraction of sp³-hybridized carbons (Fsp3) is 0.250. The summed E-state index contributed by atoms with van der Waals surface area (Å²) < 4.78 is 6.58. The van der Waals surface area contributed by atoms with Crippen molar-refractivity contribution >= 4 is 27.8 Å². The van der Waals surface area contributed by atoms with Gasteiger partial charge in [-0.15, -0.1) is 0 Å². The van der Waals surface area contributed by atoms with Crippen LogP contribution >= 0.6 is 15.9 Å². The number of carbonyl (C=O) groups excluding carboxylic acids is 1. The largest absolute Gasteiger partial charge is 0.494 e. The molecule has 0 heterocycles. The number of ether oxygens (including phenoxy) is 1. The molecule has 0 saturated heterocycles. The van der Waals surface area contributed by atoms with Crippen LogP contribution in [0.15, 0.2) is 59.1 Å². The summed E-state index contributed by atoms with van der Waals surface area (Å²) in [5.74, 6) is 0.864. The van der Waals surface area contributed by atoms with E-state index in [4.69, 9.17) is 4.74 Å². The van der Waals surface area contributed by atoms with Gasteiger partial charge in [-0.3, -0.25) is 4.79 Å². The Balaban J connectivity index is 1.91. The molecule has 0 aliphatic heterocycles. The molecular formula is C20H21BrO2. The van der Waals surface area contributed by atoms with Crippen LogP contribution in [0, 0.1) is 0 Å². The highest BCUT2D eigenvalue weighted by atomic mass is 79.9. The second-order valence-corrected chi connectivity index (χ2v) is 6.25. The molecule has 0 fully saturated rings. The van der Waals surface area contributed by atoms with E-state index in [-0.39, 0.29) is 5.78 Å². The molecule has 0 aliphatic rings. The number of halogens is 1. The van der Waals surface area contributed by atoms with Gasteiger partial charge in [0, 0.05) is 10.0 Å². The van der Waals surface area contributed by atoms with Crippen LogP contribution < -0.4 is 4.74 Å². The Labute approximate surface area is 146 Å². The van der Waals surface area contributed by atoms with Crippen LogP contribution in [0.1, 0.15) is 42.1 Å². The molecule has 0 spiro atoms. The Hall–Kier alpha value is -1.87. The van der Waals surface area contributed by atoms with E-state index >= 15 is 0 Å². The van der Waals surface area contributed by atoms with Gasteiger partial charge < -0.3 is 4.74 Å². The second kappa shape index (κ2) is 9.31. The van der Waals surface area contributed by atoms with Gasteiger partial charge in [-0.05, 0) is 42.3 Å². The predicted octanol–water partition coefficient (Wildman–Crippen LogP) is 5.91. The van der Waals surface area contributed by atoms with Crippen molar-refractivity contribution in [2.75, 3.05) is 6.61 Å². The van der Waals surface area contributed by atoms with Crippen molar-refractivity contribution in [3.63, 3.8) is 0 Å². The molecule has 0 saturated carbocycles. The molecule has 120 valence electrons. The highest BCUT2D eigenvalue weighted by molar-refractivity contribution is 9.10. The number of hydrogen-bond acceptors (Lipinski definition) is 2. The molecule has 0 unspecified atom stereocenters. The lowest BCUT2D eigenvalue weighted by atomic mass is 10.1. The first-order valence-electron chi connectivity index (χ1n) is 7.90. The third-order valence-corrected chi connectivity index (χ3v) is 3.93. The van der Waals surface area contributed by atoms with Crippen LogP contribution in [-0.4, -0.2) is 12.4 Å². The van der Waals surface area contributed by atoms with E-state index in [0.717, 1.165) is 28.8 Å². The van der Waals surface area contributed by atoms with Crippen LogP contribution in [0.25, 0.3) is 6.08 Å². The topological polar surface area (TPSA) is 26.3 Å². The highest BCUT2D eigenvalue weighted by Crippen LogP contribution is 2.15. The van der Waals surface area contributed by atoms with E-state index in [1.807, 2.05) is 54.6 Å².